The molecule has 0 bridgehead atoms. The molecular weight excluding hydrogens is 296 g/mol. The van der Waals surface area contributed by atoms with Crippen LogP contribution in [0.4, 0.5) is 0 Å². The Morgan fingerprint density at radius 1 is 1.39 bits per heavy atom. The van der Waals surface area contributed by atoms with Gasteiger partial charge in [0.1, 0.15) is 21.9 Å². The van der Waals surface area contributed by atoms with E-state index < -0.39 is 0 Å². The summed E-state index contributed by atoms with van der Waals surface area (Å²) in [5.41, 5.74) is 1.77. The molecule has 5 heteroatoms. The van der Waals surface area contributed by atoms with Crippen molar-refractivity contribution in [1.29, 1.82) is 0 Å². The summed E-state index contributed by atoms with van der Waals surface area (Å²) in [5.74, 6) is 1.62. The first-order valence-electron chi connectivity index (χ1n) is 5.64. The Labute approximate surface area is 114 Å². The number of benzene rings is 1. The molecule has 0 amide bonds. The van der Waals surface area contributed by atoms with E-state index in [0.717, 1.165) is 27.4 Å². The second-order valence-corrected chi connectivity index (χ2v) is 4.65. The Hall–Kier alpha value is -1.33. The first kappa shape index (κ1) is 13.1. The highest BCUT2D eigenvalue weighted by atomic mass is 79.9. The van der Waals surface area contributed by atoms with E-state index in [-0.39, 0.29) is 6.61 Å². The molecule has 2 aromatic rings. The highest BCUT2D eigenvalue weighted by Gasteiger charge is 2.16. The van der Waals surface area contributed by atoms with E-state index in [9.17, 15) is 0 Å². The number of rotatable bonds is 4. The molecular formula is C13H15BrN2O2. The van der Waals surface area contributed by atoms with Crippen LogP contribution in [-0.2, 0) is 13.5 Å². The van der Waals surface area contributed by atoms with Gasteiger partial charge in [-0.3, -0.25) is 0 Å². The minimum absolute atomic E-state index is 0.0860. The summed E-state index contributed by atoms with van der Waals surface area (Å²) in [6, 6.07) is 7.75. The van der Waals surface area contributed by atoms with Crippen molar-refractivity contribution in [3.05, 3.63) is 34.7 Å². The predicted molar refractivity (Wildman–Crippen MR) is 73.7 cm³/mol. The van der Waals surface area contributed by atoms with E-state index in [1.54, 1.807) is 7.11 Å². The van der Waals surface area contributed by atoms with Crippen LogP contribution in [0.2, 0.25) is 0 Å². The lowest BCUT2D eigenvalue weighted by molar-refractivity contribution is 0.295. The largest absolute Gasteiger partial charge is 0.496 e. The van der Waals surface area contributed by atoms with Gasteiger partial charge < -0.3 is 14.4 Å². The number of aliphatic hydroxyl groups is 1. The molecule has 0 unspecified atom stereocenters. The summed E-state index contributed by atoms with van der Waals surface area (Å²) in [6.07, 6.45) is 0.532. The molecule has 18 heavy (non-hydrogen) atoms. The summed E-state index contributed by atoms with van der Waals surface area (Å²) in [6.45, 7) is 0.0860. The molecule has 0 radical (unpaired) electrons. The first-order valence-corrected chi connectivity index (χ1v) is 6.43. The van der Waals surface area contributed by atoms with Crippen LogP contribution < -0.4 is 4.74 Å². The Morgan fingerprint density at radius 3 is 2.78 bits per heavy atom. The van der Waals surface area contributed by atoms with E-state index in [1.165, 1.54) is 0 Å². The number of nitrogens with zero attached hydrogens (tertiary/aromatic N) is 2. The summed E-state index contributed by atoms with van der Waals surface area (Å²) >= 11 is 3.53. The maximum absolute atomic E-state index is 9.02. The molecule has 1 aromatic heterocycles. The van der Waals surface area contributed by atoms with Gasteiger partial charge in [0.2, 0.25) is 0 Å². The zero-order chi connectivity index (χ0) is 13.1. The highest BCUT2D eigenvalue weighted by molar-refractivity contribution is 9.10. The van der Waals surface area contributed by atoms with Crippen LogP contribution >= 0.6 is 15.9 Å². The second-order valence-electron chi connectivity index (χ2n) is 3.90. The lowest BCUT2D eigenvalue weighted by Crippen LogP contribution is -2.00. The molecule has 96 valence electrons. The monoisotopic (exact) mass is 310 g/mol. The van der Waals surface area contributed by atoms with Crippen molar-refractivity contribution in [2.75, 3.05) is 13.7 Å². The molecule has 4 nitrogen and oxygen atoms in total. The fourth-order valence-electron chi connectivity index (χ4n) is 1.86. The van der Waals surface area contributed by atoms with Crippen LogP contribution in [0.15, 0.2) is 28.9 Å². The van der Waals surface area contributed by atoms with Crippen LogP contribution in [-0.4, -0.2) is 28.4 Å². The van der Waals surface area contributed by atoms with E-state index in [1.807, 2.05) is 35.9 Å². The fraction of sp³-hybridized carbons (Fsp3) is 0.308. The average molecular weight is 311 g/mol. The molecule has 1 N–H and O–H groups in total. The molecule has 0 fully saturated rings. The van der Waals surface area contributed by atoms with Gasteiger partial charge in [-0.05, 0) is 28.1 Å². The van der Waals surface area contributed by atoms with Gasteiger partial charge in [0.05, 0.1) is 13.7 Å². The molecule has 0 saturated carbocycles. The van der Waals surface area contributed by atoms with Crippen molar-refractivity contribution in [3.63, 3.8) is 0 Å². The number of halogens is 1. The van der Waals surface area contributed by atoms with Crippen molar-refractivity contribution in [2.24, 2.45) is 7.05 Å². The van der Waals surface area contributed by atoms with Crippen LogP contribution in [0.1, 0.15) is 5.82 Å². The minimum Gasteiger partial charge on any atom is -0.496 e. The predicted octanol–water partition coefficient (Wildman–Crippen LogP) is 2.39. The standard InChI is InChI=1S/C13H15BrN2O2/c1-16-11(7-8-17)15-12(13(16)14)9-5-3-4-6-10(9)18-2/h3-6,17H,7-8H2,1-2H3. The van der Waals surface area contributed by atoms with Gasteiger partial charge in [0.25, 0.3) is 0 Å². The topological polar surface area (TPSA) is 47.3 Å². The van der Waals surface area contributed by atoms with Gasteiger partial charge in [-0.2, -0.15) is 0 Å². The summed E-state index contributed by atoms with van der Waals surface area (Å²) in [5, 5.41) is 9.02. The van der Waals surface area contributed by atoms with Gasteiger partial charge in [0, 0.05) is 19.0 Å². The van der Waals surface area contributed by atoms with E-state index in [0.29, 0.717) is 6.42 Å². The van der Waals surface area contributed by atoms with Crippen LogP contribution in [0.3, 0.4) is 0 Å². The third-order valence-electron chi connectivity index (χ3n) is 2.82. The zero-order valence-corrected chi connectivity index (χ0v) is 11.9. The third-order valence-corrected chi connectivity index (χ3v) is 3.72. The van der Waals surface area contributed by atoms with Crippen molar-refractivity contribution in [2.45, 2.75) is 6.42 Å². The smallest absolute Gasteiger partial charge is 0.128 e. The van der Waals surface area contributed by atoms with Crippen LogP contribution in [0.5, 0.6) is 5.75 Å². The maximum Gasteiger partial charge on any atom is 0.128 e. The molecule has 0 aliphatic carbocycles. The summed E-state index contributed by atoms with van der Waals surface area (Å²) < 4.78 is 8.16. The normalized spacial score (nSPS) is 10.7. The molecule has 0 atom stereocenters. The van der Waals surface area contributed by atoms with Crippen molar-refractivity contribution in [1.82, 2.24) is 9.55 Å². The van der Waals surface area contributed by atoms with Gasteiger partial charge in [-0.1, -0.05) is 12.1 Å². The van der Waals surface area contributed by atoms with Crippen molar-refractivity contribution < 1.29 is 9.84 Å². The number of hydrogen-bond acceptors (Lipinski definition) is 3. The minimum atomic E-state index is 0.0860. The fourth-order valence-corrected chi connectivity index (χ4v) is 2.36. The first-order chi connectivity index (χ1) is 8.69. The number of imidazole rings is 1. The molecule has 0 aliphatic heterocycles. The molecule has 0 aliphatic rings. The summed E-state index contributed by atoms with van der Waals surface area (Å²) in [4.78, 5) is 4.55. The van der Waals surface area contributed by atoms with Gasteiger partial charge >= 0.3 is 0 Å². The zero-order valence-electron chi connectivity index (χ0n) is 10.4. The maximum atomic E-state index is 9.02. The van der Waals surface area contributed by atoms with Crippen molar-refractivity contribution >= 4 is 15.9 Å². The van der Waals surface area contributed by atoms with E-state index in [2.05, 4.69) is 20.9 Å². The number of aliphatic hydroxyl groups excluding tert-OH is 1. The number of methoxy groups -OCH3 is 1. The van der Waals surface area contributed by atoms with Crippen molar-refractivity contribution in [3.8, 4) is 17.0 Å². The lowest BCUT2D eigenvalue weighted by atomic mass is 10.1. The Kier molecular flexibility index (Phi) is 4.04. The van der Waals surface area contributed by atoms with Crippen LogP contribution in [0.25, 0.3) is 11.3 Å². The molecule has 1 heterocycles. The molecule has 0 spiro atoms. The van der Waals surface area contributed by atoms with Gasteiger partial charge in [-0.25, -0.2) is 4.98 Å². The highest BCUT2D eigenvalue weighted by Crippen LogP contribution is 2.34. The number of aromatic nitrogens is 2. The SMILES string of the molecule is COc1ccccc1-c1nc(CCO)n(C)c1Br. The average Bonchev–Trinajstić information content (AvgIpc) is 2.67. The Balaban J connectivity index is 2.54. The number of para-hydroxylation sites is 1. The molecule has 2 rings (SSSR count). The van der Waals surface area contributed by atoms with E-state index >= 15 is 0 Å². The van der Waals surface area contributed by atoms with Gasteiger partial charge in [-0.15, -0.1) is 0 Å². The summed E-state index contributed by atoms with van der Waals surface area (Å²) in [7, 11) is 3.56. The lowest BCUT2D eigenvalue weighted by Gasteiger charge is -2.06. The second kappa shape index (κ2) is 5.54. The Bertz CT molecular complexity index is 552. The van der Waals surface area contributed by atoms with Crippen LogP contribution in [0, 0.1) is 0 Å². The Morgan fingerprint density at radius 2 is 2.11 bits per heavy atom. The van der Waals surface area contributed by atoms with E-state index in [4.69, 9.17) is 9.84 Å². The van der Waals surface area contributed by atoms with Gasteiger partial charge in [0.15, 0.2) is 0 Å². The third kappa shape index (κ3) is 2.28. The molecule has 0 saturated heterocycles. The quantitative estimate of drug-likeness (QED) is 0.943. The molecule has 1 aromatic carbocycles. The number of hydrogen-bond donors (Lipinski definition) is 1. The number of ether oxygens (including phenoxy) is 1.